The lowest BCUT2D eigenvalue weighted by Crippen LogP contribution is -2.05. The summed E-state index contributed by atoms with van der Waals surface area (Å²) in [6, 6.07) is 2.24. The summed E-state index contributed by atoms with van der Waals surface area (Å²) < 4.78 is 32.1. The van der Waals surface area contributed by atoms with Gasteiger partial charge in [-0.25, -0.2) is 8.78 Å². The smallest absolute Gasteiger partial charge is 0.168 e. The molecule has 0 atom stereocenters. The molecule has 0 amide bonds. The Kier molecular flexibility index (Phi) is 3.13. The number of benzene rings is 1. The molecule has 16 heavy (non-hydrogen) atoms. The van der Waals surface area contributed by atoms with Gasteiger partial charge in [-0.1, -0.05) is 13.8 Å². The summed E-state index contributed by atoms with van der Waals surface area (Å²) in [5.41, 5.74) is 0.609. The first-order valence-electron chi connectivity index (χ1n) is 5.69. The zero-order valence-electron chi connectivity index (χ0n) is 9.59. The maximum absolute atomic E-state index is 13.6. The van der Waals surface area contributed by atoms with E-state index in [0.29, 0.717) is 18.1 Å². The first-order valence-corrected chi connectivity index (χ1v) is 5.69. The number of hydrogen-bond acceptors (Lipinski definition) is 1. The van der Waals surface area contributed by atoms with Gasteiger partial charge in [0.05, 0.1) is 6.61 Å². The van der Waals surface area contributed by atoms with Crippen LogP contribution in [0.3, 0.4) is 0 Å². The van der Waals surface area contributed by atoms with Gasteiger partial charge >= 0.3 is 0 Å². The number of hydrogen-bond donors (Lipinski definition) is 0. The fourth-order valence-electron chi connectivity index (χ4n) is 1.65. The maximum atomic E-state index is 13.6. The molecule has 0 aliphatic heterocycles. The van der Waals surface area contributed by atoms with E-state index in [4.69, 9.17) is 4.74 Å². The molecule has 0 spiro atoms. The van der Waals surface area contributed by atoms with Gasteiger partial charge in [-0.2, -0.15) is 0 Å². The van der Waals surface area contributed by atoms with Gasteiger partial charge in [0.15, 0.2) is 11.6 Å². The van der Waals surface area contributed by atoms with E-state index in [1.807, 2.05) is 13.8 Å². The highest BCUT2D eigenvalue weighted by atomic mass is 19.1. The van der Waals surface area contributed by atoms with E-state index in [1.54, 1.807) is 0 Å². The average molecular weight is 226 g/mol. The molecule has 1 saturated carbocycles. The second kappa shape index (κ2) is 4.40. The van der Waals surface area contributed by atoms with E-state index in [2.05, 4.69) is 0 Å². The summed E-state index contributed by atoms with van der Waals surface area (Å²) in [5.74, 6) is -0.295. The van der Waals surface area contributed by atoms with Gasteiger partial charge < -0.3 is 4.74 Å². The Morgan fingerprint density at radius 3 is 2.56 bits per heavy atom. The minimum atomic E-state index is -0.593. The van der Waals surface area contributed by atoms with Crippen molar-refractivity contribution in [3.05, 3.63) is 29.3 Å². The van der Waals surface area contributed by atoms with Gasteiger partial charge in [0.2, 0.25) is 0 Å². The lowest BCUT2D eigenvalue weighted by Gasteiger charge is -2.14. The highest BCUT2D eigenvalue weighted by Gasteiger charge is 2.24. The number of rotatable bonds is 4. The molecule has 0 N–H and O–H groups in total. The highest BCUT2D eigenvalue weighted by molar-refractivity contribution is 5.37. The highest BCUT2D eigenvalue weighted by Crippen LogP contribution is 2.34. The van der Waals surface area contributed by atoms with Gasteiger partial charge in [-0.3, -0.25) is 0 Å². The van der Waals surface area contributed by atoms with Crippen LogP contribution < -0.4 is 4.74 Å². The first kappa shape index (κ1) is 11.4. The summed E-state index contributed by atoms with van der Waals surface area (Å²) in [5, 5.41) is 0. The summed E-state index contributed by atoms with van der Waals surface area (Å²) in [7, 11) is 0. The summed E-state index contributed by atoms with van der Waals surface area (Å²) >= 11 is 0. The van der Waals surface area contributed by atoms with E-state index >= 15 is 0 Å². The Morgan fingerprint density at radius 1 is 1.31 bits per heavy atom. The molecule has 0 radical (unpaired) electrons. The van der Waals surface area contributed by atoms with Crippen molar-refractivity contribution in [2.24, 2.45) is 5.92 Å². The Balaban J connectivity index is 2.24. The molecule has 2 rings (SSSR count). The maximum Gasteiger partial charge on any atom is 0.168 e. The Morgan fingerprint density at radius 2 is 2.00 bits per heavy atom. The van der Waals surface area contributed by atoms with E-state index < -0.39 is 11.6 Å². The molecule has 0 heterocycles. The SMILES string of the molecule is CC(C)c1cc(F)cc(F)c1OCC1CC1. The van der Waals surface area contributed by atoms with E-state index in [-0.39, 0.29) is 11.7 Å². The van der Waals surface area contributed by atoms with Crippen LogP contribution in [0.2, 0.25) is 0 Å². The molecule has 3 heteroatoms. The van der Waals surface area contributed by atoms with Crippen molar-refractivity contribution in [2.75, 3.05) is 6.61 Å². The topological polar surface area (TPSA) is 9.23 Å². The summed E-state index contributed by atoms with van der Waals surface area (Å²) in [4.78, 5) is 0. The van der Waals surface area contributed by atoms with Crippen LogP contribution in [0, 0.1) is 17.6 Å². The van der Waals surface area contributed by atoms with Gasteiger partial charge in [0, 0.05) is 11.6 Å². The minimum Gasteiger partial charge on any atom is -0.490 e. The predicted octanol–water partition coefficient (Wildman–Crippen LogP) is 3.88. The van der Waals surface area contributed by atoms with Gasteiger partial charge in [0.1, 0.15) is 5.82 Å². The molecule has 1 fully saturated rings. The van der Waals surface area contributed by atoms with Crippen molar-refractivity contribution in [3.8, 4) is 5.75 Å². The Bertz CT molecular complexity index is 384. The normalized spacial score (nSPS) is 15.6. The van der Waals surface area contributed by atoms with E-state index in [0.717, 1.165) is 18.9 Å². The number of ether oxygens (including phenoxy) is 1. The lowest BCUT2D eigenvalue weighted by atomic mass is 10.0. The fraction of sp³-hybridized carbons (Fsp3) is 0.538. The van der Waals surface area contributed by atoms with Gasteiger partial charge in [-0.05, 0) is 30.7 Å². The van der Waals surface area contributed by atoms with Gasteiger partial charge in [0.25, 0.3) is 0 Å². The molecular formula is C13H16F2O. The molecule has 1 aliphatic rings. The van der Waals surface area contributed by atoms with Crippen LogP contribution >= 0.6 is 0 Å². The van der Waals surface area contributed by atoms with Gasteiger partial charge in [-0.15, -0.1) is 0 Å². The molecule has 0 aromatic heterocycles. The van der Waals surface area contributed by atoms with Crippen LogP contribution in [0.1, 0.15) is 38.2 Å². The van der Waals surface area contributed by atoms with Crippen molar-refractivity contribution in [1.82, 2.24) is 0 Å². The molecule has 88 valence electrons. The largest absolute Gasteiger partial charge is 0.490 e. The quantitative estimate of drug-likeness (QED) is 0.757. The molecule has 0 saturated heterocycles. The van der Waals surface area contributed by atoms with Crippen LogP contribution in [0.5, 0.6) is 5.75 Å². The third-order valence-electron chi connectivity index (χ3n) is 2.82. The molecule has 0 bridgehead atoms. The minimum absolute atomic E-state index is 0.0550. The molecular weight excluding hydrogens is 210 g/mol. The molecule has 1 aromatic carbocycles. The van der Waals surface area contributed by atoms with Crippen LogP contribution in [-0.4, -0.2) is 6.61 Å². The zero-order valence-corrected chi connectivity index (χ0v) is 9.59. The monoisotopic (exact) mass is 226 g/mol. The fourth-order valence-corrected chi connectivity index (χ4v) is 1.65. The second-order valence-corrected chi connectivity index (χ2v) is 4.72. The molecule has 1 aromatic rings. The summed E-state index contributed by atoms with van der Waals surface area (Å²) in [6.07, 6.45) is 2.31. The van der Waals surface area contributed by atoms with E-state index in [9.17, 15) is 8.78 Å². The van der Waals surface area contributed by atoms with Crippen molar-refractivity contribution in [2.45, 2.75) is 32.6 Å². The average Bonchev–Trinajstić information content (AvgIpc) is 2.98. The van der Waals surface area contributed by atoms with Crippen LogP contribution in [0.15, 0.2) is 12.1 Å². The summed E-state index contributed by atoms with van der Waals surface area (Å²) in [6.45, 7) is 4.35. The first-order chi connectivity index (χ1) is 7.58. The second-order valence-electron chi connectivity index (χ2n) is 4.72. The van der Waals surface area contributed by atoms with E-state index in [1.165, 1.54) is 6.07 Å². The third kappa shape index (κ3) is 2.52. The van der Waals surface area contributed by atoms with Crippen LogP contribution in [0.4, 0.5) is 8.78 Å². The predicted molar refractivity (Wildman–Crippen MR) is 58.7 cm³/mol. The third-order valence-corrected chi connectivity index (χ3v) is 2.82. The van der Waals surface area contributed by atoms with Crippen molar-refractivity contribution >= 4 is 0 Å². The molecule has 0 unspecified atom stereocenters. The van der Waals surface area contributed by atoms with Crippen molar-refractivity contribution in [3.63, 3.8) is 0 Å². The molecule has 1 nitrogen and oxygen atoms in total. The molecule has 1 aliphatic carbocycles. The van der Waals surface area contributed by atoms with Crippen LogP contribution in [-0.2, 0) is 0 Å². The van der Waals surface area contributed by atoms with Crippen molar-refractivity contribution in [1.29, 1.82) is 0 Å². The lowest BCUT2D eigenvalue weighted by molar-refractivity contribution is 0.280. The number of halogens is 2. The standard InChI is InChI=1S/C13H16F2O/c1-8(2)11-5-10(14)6-12(15)13(11)16-7-9-3-4-9/h5-6,8-9H,3-4,7H2,1-2H3. The zero-order chi connectivity index (χ0) is 11.7. The van der Waals surface area contributed by atoms with Crippen molar-refractivity contribution < 1.29 is 13.5 Å². The Hall–Kier alpha value is -1.12. The Labute approximate surface area is 94.4 Å². The van der Waals surface area contributed by atoms with Crippen LogP contribution in [0.25, 0.3) is 0 Å².